The van der Waals surface area contributed by atoms with E-state index in [-0.39, 0.29) is 17.7 Å². The maximum absolute atomic E-state index is 11.9. The maximum atomic E-state index is 11.9. The predicted molar refractivity (Wildman–Crippen MR) is 91.0 cm³/mol. The molecule has 0 fully saturated rings. The number of aryl methyl sites for hydroxylation is 1. The highest BCUT2D eigenvalue weighted by atomic mass is 16.6. The summed E-state index contributed by atoms with van der Waals surface area (Å²) >= 11 is 0. The van der Waals surface area contributed by atoms with Crippen LogP contribution in [0.25, 0.3) is 0 Å². The highest BCUT2D eigenvalue weighted by Gasteiger charge is 2.25. The van der Waals surface area contributed by atoms with Gasteiger partial charge in [0.25, 0.3) is 0 Å². The van der Waals surface area contributed by atoms with E-state index in [0.29, 0.717) is 6.54 Å². The summed E-state index contributed by atoms with van der Waals surface area (Å²) in [6, 6.07) is 8.55. The molecule has 1 aromatic rings. The van der Waals surface area contributed by atoms with Crippen molar-refractivity contribution in [3.63, 3.8) is 0 Å². The standard InChI is InChI=1S/C18H30N2O2/c1-13-10-8-9-11-15(13)14(2)19-12-18(6,7)20-16(21)22-17(3,4)5/h8-11,14,19H,12H2,1-7H3,(H,20,21). The summed E-state index contributed by atoms with van der Waals surface area (Å²) < 4.78 is 5.31. The molecule has 0 heterocycles. The Hall–Kier alpha value is -1.55. The van der Waals surface area contributed by atoms with Crippen LogP contribution < -0.4 is 10.6 Å². The molecule has 0 radical (unpaired) electrons. The third-order valence-electron chi connectivity index (χ3n) is 3.34. The molecular weight excluding hydrogens is 276 g/mol. The molecule has 0 aromatic heterocycles. The van der Waals surface area contributed by atoms with Crippen LogP contribution >= 0.6 is 0 Å². The fourth-order valence-electron chi connectivity index (χ4n) is 2.21. The molecule has 0 bridgehead atoms. The van der Waals surface area contributed by atoms with Crippen LogP contribution in [0.15, 0.2) is 24.3 Å². The Morgan fingerprint density at radius 3 is 2.32 bits per heavy atom. The number of hydrogen-bond acceptors (Lipinski definition) is 3. The van der Waals surface area contributed by atoms with Crippen molar-refractivity contribution in [2.45, 2.75) is 65.6 Å². The number of benzene rings is 1. The minimum Gasteiger partial charge on any atom is -0.444 e. The van der Waals surface area contributed by atoms with Crippen molar-refractivity contribution in [3.8, 4) is 0 Å². The number of hydrogen-bond donors (Lipinski definition) is 2. The number of alkyl carbamates (subject to hydrolysis) is 1. The van der Waals surface area contributed by atoms with Gasteiger partial charge in [-0.2, -0.15) is 0 Å². The summed E-state index contributed by atoms with van der Waals surface area (Å²) in [6.07, 6.45) is -0.386. The first kappa shape index (κ1) is 18.5. The fraction of sp³-hybridized carbons (Fsp3) is 0.611. The summed E-state index contributed by atoms with van der Waals surface area (Å²) in [5.74, 6) is 0. The molecule has 1 rings (SSSR count). The van der Waals surface area contributed by atoms with Gasteiger partial charge in [-0.15, -0.1) is 0 Å². The predicted octanol–water partition coefficient (Wildman–Crippen LogP) is 3.95. The minimum absolute atomic E-state index is 0.223. The minimum atomic E-state index is -0.484. The lowest BCUT2D eigenvalue weighted by molar-refractivity contribution is 0.0471. The number of amides is 1. The largest absolute Gasteiger partial charge is 0.444 e. The molecule has 22 heavy (non-hydrogen) atoms. The van der Waals surface area contributed by atoms with Gasteiger partial charge in [0, 0.05) is 12.6 Å². The van der Waals surface area contributed by atoms with Gasteiger partial charge in [-0.1, -0.05) is 24.3 Å². The molecule has 4 heteroatoms. The van der Waals surface area contributed by atoms with Gasteiger partial charge in [-0.05, 0) is 59.6 Å². The van der Waals surface area contributed by atoms with Crippen molar-refractivity contribution in [2.24, 2.45) is 0 Å². The Kier molecular flexibility index (Phi) is 6.00. The average Bonchev–Trinajstić information content (AvgIpc) is 2.33. The Morgan fingerprint density at radius 2 is 1.77 bits per heavy atom. The summed E-state index contributed by atoms with van der Waals surface area (Å²) in [5, 5.41) is 6.39. The zero-order valence-corrected chi connectivity index (χ0v) is 14.9. The Morgan fingerprint density at radius 1 is 1.18 bits per heavy atom. The van der Waals surface area contributed by atoms with Crippen LogP contribution in [0, 0.1) is 6.92 Å². The van der Waals surface area contributed by atoms with Gasteiger partial charge in [-0.3, -0.25) is 0 Å². The lowest BCUT2D eigenvalue weighted by Gasteiger charge is -2.30. The SMILES string of the molecule is Cc1ccccc1C(C)NCC(C)(C)NC(=O)OC(C)(C)C. The third-order valence-corrected chi connectivity index (χ3v) is 3.34. The zero-order valence-electron chi connectivity index (χ0n) is 14.9. The summed E-state index contributed by atoms with van der Waals surface area (Å²) in [6.45, 7) is 14.4. The van der Waals surface area contributed by atoms with Crippen LogP contribution in [-0.2, 0) is 4.74 Å². The molecule has 0 saturated carbocycles. The monoisotopic (exact) mass is 306 g/mol. The lowest BCUT2D eigenvalue weighted by atomic mass is 10.0. The van der Waals surface area contributed by atoms with Gasteiger partial charge in [0.2, 0.25) is 0 Å². The topological polar surface area (TPSA) is 50.4 Å². The van der Waals surface area contributed by atoms with Gasteiger partial charge in [0.15, 0.2) is 0 Å². The quantitative estimate of drug-likeness (QED) is 0.866. The number of carbonyl (C=O) groups is 1. The molecule has 1 unspecified atom stereocenters. The summed E-state index contributed by atoms with van der Waals surface area (Å²) in [7, 11) is 0. The molecule has 1 aromatic carbocycles. The molecule has 4 nitrogen and oxygen atoms in total. The van der Waals surface area contributed by atoms with E-state index in [2.05, 4.69) is 36.6 Å². The van der Waals surface area contributed by atoms with Crippen molar-refractivity contribution < 1.29 is 9.53 Å². The summed E-state index contributed by atoms with van der Waals surface area (Å²) in [5.41, 5.74) is 1.66. The van der Waals surface area contributed by atoms with Crippen molar-refractivity contribution in [2.75, 3.05) is 6.54 Å². The van der Waals surface area contributed by atoms with Crippen molar-refractivity contribution in [1.82, 2.24) is 10.6 Å². The van der Waals surface area contributed by atoms with Crippen LogP contribution in [0.3, 0.4) is 0 Å². The van der Waals surface area contributed by atoms with E-state index in [0.717, 1.165) is 0 Å². The highest BCUT2D eigenvalue weighted by molar-refractivity contribution is 5.68. The molecule has 1 amide bonds. The van der Waals surface area contributed by atoms with Crippen molar-refractivity contribution >= 4 is 6.09 Å². The number of rotatable bonds is 5. The molecule has 2 N–H and O–H groups in total. The molecule has 1 atom stereocenters. The van der Waals surface area contributed by atoms with E-state index in [1.807, 2.05) is 46.8 Å². The average molecular weight is 306 g/mol. The Bertz CT molecular complexity index is 504. The van der Waals surface area contributed by atoms with E-state index in [1.165, 1.54) is 11.1 Å². The fourth-order valence-corrected chi connectivity index (χ4v) is 2.21. The smallest absolute Gasteiger partial charge is 0.408 e. The zero-order chi connectivity index (χ0) is 17.0. The van der Waals surface area contributed by atoms with E-state index in [4.69, 9.17) is 4.74 Å². The number of ether oxygens (including phenoxy) is 1. The molecule has 0 spiro atoms. The van der Waals surface area contributed by atoms with E-state index >= 15 is 0 Å². The number of carbonyl (C=O) groups excluding carboxylic acids is 1. The van der Waals surface area contributed by atoms with Gasteiger partial charge < -0.3 is 15.4 Å². The highest BCUT2D eigenvalue weighted by Crippen LogP contribution is 2.17. The first-order chi connectivity index (χ1) is 10.0. The van der Waals surface area contributed by atoms with E-state index < -0.39 is 5.60 Å². The van der Waals surface area contributed by atoms with Crippen molar-refractivity contribution in [1.29, 1.82) is 0 Å². The number of nitrogens with one attached hydrogen (secondary N) is 2. The second kappa shape index (κ2) is 7.14. The summed E-state index contributed by atoms with van der Waals surface area (Å²) in [4.78, 5) is 11.9. The van der Waals surface area contributed by atoms with Crippen LogP contribution in [0.2, 0.25) is 0 Å². The molecule has 0 aliphatic heterocycles. The van der Waals surface area contributed by atoms with Crippen LogP contribution in [0.4, 0.5) is 4.79 Å². The second-order valence-electron chi connectivity index (χ2n) is 7.47. The third kappa shape index (κ3) is 6.48. The maximum Gasteiger partial charge on any atom is 0.408 e. The van der Waals surface area contributed by atoms with E-state index in [1.54, 1.807) is 0 Å². The van der Waals surface area contributed by atoms with Gasteiger partial charge in [0.1, 0.15) is 5.60 Å². The molecule has 0 saturated heterocycles. The van der Waals surface area contributed by atoms with Gasteiger partial charge >= 0.3 is 6.09 Å². The first-order valence-electron chi connectivity index (χ1n) is 7.80. The van der Waals surface area contributed by atoms with Crippen LogP contribution in [0.5, 0.6) is 0 Å². The Balaban J connectivity index is 2.55. The van der Waals surface area contributed by atoms with E-state index in [9.17, 15) is 4.79 Å². The van der Waals surface area contributed by atoms with Gasteiger partial charge in [-0.25, -0.2) is 4.79 Å². The molecule has 0 aliphatic carbocycles. The lowest BCUT2D eigenvalue weighted by Crippen LogP contribution is -2.51. The van der Waals surface area contributed by atoms with Crippen LogP contribution in [0.1, 0.15) is 58.7 Å². The normalized spacial score (nSPS) is 13.6. The second-order valence-corrected chi connectivity index (χ2v) is 7.47. The van der Waals surface area contributed by atoms with Gasteiger partial charge in [0.05, 0.1) is 5.54 Å². The Labute approximate surface area is 134 Å². The molecular formula is C18H30N2O2. The molecule has 0 aliphatic rings. The first-order valence-corrected chi connectivity index (χ1v) is 7.80. The van der Waals surface area contributed by atoms with Crippen molar-refractivity contribution in [3.05, 3.63) is 35.4 Å². The molecule has 124 valence electrons. The van der Waals surface area contributed by atoms with Crippen LogP contribution in [-0.4, -0.2) is 23.8 Å².